The average Bonchev–Trinajstić information content (AvgIpc) is 2.96. The van der Waals surface area contributed by atoms with E-state index in [1.807, 2.05) is 13.2 Å². The third-order valence-electron chi connectivity index (χ3n) is 6.08. The normalized spacial score (nSPS) is 26.7. The first-order valence-electron chi connectivity index (χ1n) is 10.0. The van der Waals surface area contributed by atoms with Gasteiger partial charge in [-0.15, -0.1) is 0 Å². The van der Waals surface area contributed by atoms with Crippen molar-refractivity contribution in [1.29, 1.82) is 0 Å². The molecule has 1 aromatic heterocycles. The van der Waals surface area contributed by atoms with Gasteiger partial charge in [-0.3, -0.25) is 4.90 Å². The van der Waals surface area contributed by atoms with Gasteiger partial charge >= 0.3 is 0 Å². The lowest BCUT2D eigenvalue weighted by Gasteiger charge is -2.45. The highest BCUT2D eigenvalue weighted by atomic mass is 15.2. The Kier molecular flexibility index (Phi) is 5.51. The minimum Gasteiger partial charge on any atom is -0.373 e. The summed E-state index contributed by atoms with van der Waals surface area (Å²) in [6.07, 6.45) is 6.98. The zero-order valence-corrected chi connectivity index (χ0v) is 15.7. The third kappa shape index (κ3) is 3.62. The summed E-state index contributed by atoms with van der Waals surface area (Å²) in [5, 5.41) is 7.15. The summed E-state index contributed by atoms with van der Waals surface area (Å²) < 4.78 is 0. The first-order valence-corrected chi connectivity index (χ1v) is 10.0. The van der Waals surface area contributed by atoms with Crippen LogP contribution in [0.25, 0.3) is 0 Å². The number of fused-ring (bicyclic) bond motifs is 1. The monoisotopic (exact) mass is 350 g/mol. The summed E-state index contributed by atoms with van der Waals surface area (Å²) in [7, 11) is 1.96. The molecular formula is C22H30N4. The molecule has 4 nitrogen and oxygen atoms in total. The van der Waals surface area contributed by atoms with E-state index in [4.69, 9.17) is 0 Å². The zero-order valence-electron chi connectivity index (χ0n) is 15.7. The molecule has 0 aliphatic carbocycles. The Morgan fingerprint density at radius 1 is 1.12 bits per heavy atom. The fraction of sp³-hybridized carbons (Fsp3) is 0.500. The fourth-order valence-corrected chi connectivity index (χ4v) is 4.81. The maximum Gasteiger partial charge on any atom is 0.130 e. The lowest BCUT2D eigenvalue weighted by Crippen LogP contribution is -2.56. The van der Waals surface area contributed by atoms with Gasteiger partial charge in [-0.1, -0.05) is 42.8 Å². The number of piperidine rings is 1. The van der Waals surface area contributed by atoms with Gasteiger partial charge in [0.05, 0.1) is 0 Å². The van der Waals surface area contributed by atoms with E-state index in [2.05, 4.69) is 63.0 Å². The highest BCUT2D eigenvalue weighted by molar-refractivity contribution is 5.43. The van der Waals surface area contributed by atoms with Gasteiger partial charge in [0.2, 0.25) is 0 Å². The minimum atomic E-state index is 0.545. The Morgan fingerprint density at radius 2 is 2.00 bits per heavy atom. The van der Waals surface area contributed by atoms with Crippen LogP contribution in [0.2, 0.25) is 0 Å². The van der Waals surface area contributed by atoms with Gasteiger partial charge in [0.1, 0.15) is 5.82 Å². The van der Waals surface area contributed by atoms with E-state index >= 15 is 0 Å². The van der Waals surface area contributed by atoms with E-state index in [-0.39, 0.29) is 0 Å². The molecule has 4 rings (SSSR count). The van der Waals surface area contributed by atoms with Crippen molar-refractivity contribution in [2.45, 2.75) is 50.2 Å². The summed E-state index contributed by atoms with van der Waals surface area (Å²) in [6, 6.07) is 16.5. The quantitative estimate of drug-likeness (QED) is 0.883. The molecule has 2 fully saturated rings. The van der Waals surface area contributed by atoms with Crippen LogP contribution >= 0.6 is 0 Å². The number of nitrogens with zero attached hydrogens (tertiary/aromatic N) is 2. The van der Waals surface area contributed by atoms with Crippen molar-refractivity contribution in [3.63, 3.8) is 0 Å². The Balaban J connectivity index is 1.58. The highest BCUT2D eigenvalue weighted by Crippen LogP contribution is 2.36. The van der Waals surface area contributed by atoms with Crippen LogP contribution < -0.4 is 10.6 Å². The Labute approximate surface area is 157 Å². The Bertz CT molecular complexity index is 702. The molecule has 2 aliphatic heterocycles. The third-order valence-corrected chi connectivity index (χ3v) is 6.08. The van der Waals surface area contributed by atoms with Crippen LogP contribution in [0.3, 0.4) is 0 Å². The molecule has 1 aromatic carbocycles. The molecule has 3 atom stereocenters. The number of nitrogens with one attached hydrogen (secondary N) is 2. The van der Waals surface area contributed by atoms with Crippen LogP contribution in [-0.4, -0.2) is 42.1 Å². The number of rotatable bonds is 4. The van der Waals surface area contributed by atoms with E-state index in [1.165, 1.54) is 36.8 Å². The molecule has 0 bridgehead atoms. The first kappa shape index (κ1) is 17.5. The summed E-state index contributed by atoms with van der Waals surface area (Å²) in [5.74, 6) is 1.63. The van der Waals surface area contributed by atoms with Gasteiger partial charge < -0.3 is 10.6 Å². The molecule has 2 aliphatic rings. The molecule has 2 N–H and O–H groups in total. The summed E-state index contributed by atoms with van der Waals surface area (Å²) in [6.45, 7) is 3.28. The van der Waals surface area contributed by atoms with E-state index in [0.717, 1.165) is 25.5 Å². The van der Waals surface area contributed by atoms with E-state index in [1.54, 1.807) is 0 Å². The molecule has 2 aromatic rings. The largest absolute Gasteiger partial charge is 0.373 e. The van der Waals surface area contributed by atoms with Crippen LogP contribution in [-0.2, 0) is 6.54 Å². The second-order valence-corrected chi connectivity index (χ2v) is 7.58. The van der Waals surface area contributed by atoms with Crippen molar-refractivity contribution >= 4 is 5.82 Å². The van der Waals surface area contributed by atoms with E-state index < -0.39 is 0 Å². The SMILES string of the molecule is CNc1ncccc1CN1CC[C@H](c2ccccc2)[C@H]2NCCCC[C@H]21. The van der Waals surface area contributed by atoms with Crippen LogP contribution in [0.4, 0.5) is 5.82 Å². The number of anilines is 1. The maximum atomic E-state index is 4.49. The minimum absolute atomic E-state index is 0.545. The van der Waals surface area contributed by atoms with Gasteiger partial charge in [0.15, 0.2) is 0 Å². The smallest absolute Gasteiger partial charge is 0.130 e. The molecule has 26 heavy (non-hydrogen) atoms. The number of likely N-dealkylation sites (tertiary alicyclic amines) is 1. The summed E-state index contributed by atoms with van der Waals surface area (Å²) >= 11 is 0. The predicted molar refractivity (Wildman–Crippen MR) is 107 cm³/mol. The molecule has 0 saturated carbocycles. The van der Waals surface area contributed by atoms with Gasteiger partial charge in [-0.2, -0.15) is 0 Å². The Hall–Kier alpha value is -1.91. The van der Waals surface area contributed by atoms with E-state index in [0.29, 0.717) is 18.0 Å². The average molecular weight is 351 g/mol. The van der Waals surface area contributed by atoms with Gasteiger partial charge in [0, 0.05) is 43.4 Å². The molecule has 4 heteroatoms. The molecular weight excluding hydrogens is 320 g/mol. The van der Waals surface area contributed by atoms with Crippen molar-refractivity contribution in [2.24, 2.45) is 0 Å². The molecule has 3 heterocycles. The second-order valence-electron chi connectivity index (χ2n) is 7.58. The maximum absolute atomic E-state index is 4.49. The fourth-order valence-electron chi connectivity index (χ4n) is 4.81. The van der Waals surface area contributed by atoms with Crippen LogP contribution in [0, 0.1) is 0 Å². The topological polar surface area (TPSA) is 40.2 Å². The Morgan fingerprint density at radius 3 is 2.85 bits per heavy atom. The van der Waals surface area contributed by atoms with Gasteiger partial charge in [0.25, 0.3) is 0 Å². The number of pyridine rings is 1. The van der Waals surface area contributed by atoms with Gasteiger partial charge in [-0.25, -0.2) is 4.98 Å². The van der Waals surface area contributed by atoms with Crippen molar-refractivity contribution < 1.29 is 0 Å². The molecule has 0 amide bonds. The number of benzene rings is 1. The predicted octanol–water partition coefficient (Wildman–Crippen LogP) is 3.62. The summed E-state index contributed by atoms with van der Waals surface area (Å²) in [5.41, 5.74) is 2.80. The van der Waals surface area contributed by atoms with Crippen molar-refractivity contribution in [2.75, 3.05) is 25.5 Å². The van der Waals surface area contributed by atoms with Crippen LogP contribution in [0.15, 0.2) is 48.7 Å². The number of hydrogen-bond donors (Lipinski definition) is 2. The first-order chi connectivity index (χ1) is 12.9. The zero-order chi connectivity index (χ0) is 17.8. The second kappa shape index (κ2) is 8.19. The number of hydrogen-bond acceptors (Lipinski definition) is 4. The van der Waals surface area contributed by atoms with Gasteiger partial charge in [-0.05, 0) is 44.0 Å². The lowest BCUT2D eigenvalue weighted by atomic mass is 9.79. The highest BCUT2D eigenvalue weighted by Gasteiger charge is 2.39. The van der Waals surface area contributed by atoms with Crippen LogP contribution in [0.1, 0.15) is 42.7 Å². The molecule has 0 unspecified atom stereocenters. The summed E-state index contributed by atoms with van der Waals surface area (Å²) in [4.78, 5) is 7.19. The van der Waals surface area contributed by atoms with Crippen molar-refractivity contribution in [1.82, 2.24) is 15.2 Å². The lowest BCUT2D eigenvalue weighted by molar-refractivity contribution is 0.0893. The molecule has 0 spiro atoms. The standard InChI is InChI=1S/C22H30N4/c1-23-22-18(10-7-14-25-22)16-26-15-12-19(17-8-3-2-4-9-17)21-20(26)11-5-6-13-24-21/h2-4,7-10,14,19-21,24H,5-6,11-13,15-16H2,1H3,(H,23,25)/t19-,20-,21-/m1/s1. The van der Waals surface area contributed by atoms with E-state index in [9.17, 15) is 0 Å². The van der Waals surface area contributed by atoms with Crippen molar-refractivity contribution in [3.8, 4) is 0 Å². The molecule has 2 saturated heterocycles. The van der Waals surface area contributed by atoms with Crippen LogP contribution in [0.5, 0.6) is 0 Å². The van der Waals surface area contributed by atoms with Crippen molar-refractivity contribution in [3.05, 3.63) is 59.8 Å². The molecule has 138 valence electrons. The number of aromatic nitrogens is 1. The molecule has 0 radical (unpaired) electrons.